The van der Waals surface area contributed by atoms with Crippen molar-refractivity contribution < 1.29 is 14.7 Å². The van der Waals surface area contributed by atoms with Crippen LogP contribution in [0.1, 0.15) is 36.7 Å². The minimum Gasteiger partial charge on any atom is -0.480 e. The van der Waals surface area contributed by atoms with Gasteiger partial charge in [-0.1, -0.05) is 26.0 Å². The predicted octanol–water partition coefficient (Wildman–Crippen LogP) is 2.09. The summed E-state index contributed by atoms with van der Waals surface area (Å²) >= 11 is 0. The Morgan fingerprint density at radius 1 is 1.17 bits per heavy atom. The van der Waals surface area contributed by atoms with Crippen molar-refractivity contribution in [2.45, 2.75) is 33.2 Å². The molecular weight excluding hydrogens is 230 g/mol. The van der Waals surface area contributed by atoms with E-state index in [1.165, 1.54) is 12.5 Å². The van der Waals surface area contributed by atoms with Crippen molar-refractivity contribution in [3.63, 3.8) is 0 Å². The zero-order valence-corrected chi connectivity index (χ0v) is 10.9. The van der Waals surface area contributed by atoms with Crippen molar-refractivity contribution in [1.82, 2.24) is 5.32 Å². The summed E-state index contributed by atoms with van der Waals surface area (Å²) in [7, 11) is 0. The lowest BCUT2D eigenvalue weighted by atomic mass is 10.0. The number of hydrogen-bond donors (Lipinski definition) is 2. The fourth-order valence-electron chi connectivity index (χ4n) is 1.61. The molecule has 1 unspecified atom stereocenters. The van der Waals surface area contributed by atoms with Gasteiger partial charge in [0, 0.05) is 5.56 Å². The van der Waals surface area contributed by atoms with Crippen molar-refractivity contribution >= 4 is 11.9 Å². The standard InChI is InChI=1S/C14H19NO3/c1-9(2)8-11-4-6-12(7-5-11)13(16)15-10(3)14(17)18/h4-7,9-10H,8H2,1-3H3,(H,15,16)(H,17,18). The molecule has 0 bridgehead atoms. The molecule has 0 radical (unpaired) electrons. The first-order valence-electron chi connectivity index (χ1n) is 6.02. The molecule has 2 N–H and O–H groups in total. The van der Waals surface area contributed by atoms with Gasteiger partial charge >= 0.3 is 5.97 Å². The van der Waals surface area contributed by atoms with Crippen LogP contribution in [0.25, 0.3) is 0 Å². The topological polar surface area (TPSA) is 66.4 Å². The third kappa shape index (κ3) is 4.20. The molecular formula is C14H19NO3. The van der Waals surface area contributed by atoms with E-state index in [9.17, 15) is 9.59 Å². The normalized spacial score (nSPS) is 12.2. The van der Waals surface area contributed by atoms with E-state index in [4.69, 9.17) is 5.11 Å². The molecule has 0 aliphatic rings. The number of carboxylic acid groups (broad SMARTS) is 1. The van der Waals surface area contributed by atoms with E-state index >= 15 is 0 Å². The lowest BCUT2D eigenvalue weighted by Gasteiger charge is -2.10. The molecule has 1 aromatic rings. The van der Waals surface area contributed by atoms with Crippen LogP contribution in [0.3, 0.4) is 0 Å². The van der Waals surface area contributed by atoms with E-state index in [1.54, 1.807) is 12.1 Å². The Kier molecular flexibility index (Phi) is 4.89. The van der Waals surface area contributed by atoms with Gasteiger partial charge in [-0.2, -0.15) is 0 Å². The highest BCUT2D eigenvalue weighted by atomic mass is 16.4. The second kappa shape index (κ2) is 6.19. The van der Waals surface area contributed by atoms with E-state index in [0.717, 1.165) is 6.42 Å². The Labute approximate surface area is 107 Å². The SMILES string of the molecule is CC(C)Cc1ccc(C(=O)NC(C)C(=O)O)cc1. The minimum absolute atomic E-state index is 0.360. The van der Waals surface area contributed by atoms with Crippen molar-refractivity contribution in [3.05, 3.63) is 35.4 Å². The van der Waals surface area contributed by atoms with Crippen LogP contribution in [0, 0.1) is 5.92 Å². The van der Waals surface area contributed by atoms with E-state index < -0.39 is 12.0 Å². The summed E-state index contributed by atoms with van der Waals surface area (Å²) in [5, 5.41) is 11.1. The maximum absolute atomic E-state index is 11.7. The van der Waals surface area contributed by atoms with Crippen molar-refractivity contribution in [3.8, 4) is 0 Å². The van der Waals surface area contributed by atoms with E-state index in [-0.39, 0.29) is 5.91 Å². The van der Waals surface area contributed by atoms with E-state index in [2.05, 4.69) is 19.2 Å². The monoisotopic (exact) mass is 249 g/mol. The van der Waals surface area contributed by atoms with Crippen LogP contribution in [-0.2, 0) is 11.2 Å². The fourth-order valence-corrected chi connectivity index (χ4v) is 1.61. The maximum Gasteiger partial charge on any atom is 0.325 e. The number of rotatable bonds is 5. The molecule has 0 aliphatic heterocycles. The second-order valence-electron chi connectivity index (χ2n) is 4.83. The van der Waals surface area contributed by atoms with Crippen LogP contribution in [0.4, 0.5) is 0 Å². The van der Waals surface area contributed by atoms with Crippen LogP contribution < -0.4 is 5.32 Å². The zero-order chi connectivity index (χ0) is 13.7. The molecule has 0 saturated heterocycles. The average molecular weight is 249 g/mol. The molecule has 1 aromatic carbocycles. The maximum atomic E-state index is 11.7. The number of benzene rings is 1. The largest absolute Gasteiger partial charge is 0.480 e. The first-order valence-corrected chi connectivity index (χ1v) is 6.02. The van der Waals surface area contributed by atoms with Gasteiger partial charge < -0.3 is 10.4 Å². The Balaban J connectivity index is 2.67. The molecule has 4 nitrogen and oxygen atoms in total. The van der Waals surface area contributed by atoms with Gasteiger partial charge in [0.05, 0.1) is 0 Å². The van der Waals surface area contributed by atoms with Gasteiger partial charge in [-0.25, -0.2) is 0 Å². The molecule has 0 saturated carbocycles. The van der Waals surface area contributed by atoms with E-state index in [1.807, 2.05) is 12.1 Å². The second-order valence-corrected chi connectivity index (χ2v) is 4.83. The van der Waals surface area contributed by atoms with Gasteiger partial charge in [-0.15, -0.1) is 0 Å². The highest BCUT2D eigenvalue weighted by Gasteiger charge is 2.14. The number of hydrogen-bond acceptors (Lipinski definition) is 2. The quantitative estimate of drug-likeness (QED) is 0.839. The number of nitrogens with one attached hydrogen (secondary N) is 1. The third-order valence-electron chi connectivity index (χ3n) is 2.58. The molecule has 4 heteroatoms. The Morgan fingerprint density at radius 3 is 2.17 bits per heavy atom. The van der Waals surface area contributed by atoms with Gasteiger partial charge in [0.15, 0.2) is 0 Å². The van der Waals surface area contributed by atoms with Gasteiger partial charge in [-0.3, -0.25) is 9.59 Å². The van der Waals surface area contributed by atoms with Gasteiger partial charge in [0.25, 0.3) is 5.91 Å². The molecule has 1 rings (SSSR count). The lowest BCUT2D eigenvalue weighted by Crippen LogP contribution is -2.38. The first-order chi connectivity index (χ1) is 8.40. The predicted molar refractivity (Wildman–Crippen MR) is 69.5 cm³/mol. The fraction of sp³-hybridized carbons (Fsp3) is 0.429. The van der Waals surface area contributed by atoms with Gasteiger partial charge in [-0.05, 0) is 37.0 Å². The van der Waals surface area contributed by atoms with Crippen LogP contribution >= 0.6 is 0 Å². The molecule has 0 heterocycles. The Bertz CT molecular complexity index is 423. The first kappa shape index (κ1) is 14.2. The third-order valence-corrected chi connectivity index (χ3v) is 2.58. The number of amides is 1. The van der Waals surface area contributed by atoms with E-state index in [0.29, 0.717) is 11.5 Å². The highest BCUT2D eigenvalue weighted by molar-refractivity contribution is 5.96. The van der Waals surface area contributed by atoms with Crippen LogP contribution in [0.5, 0.6) is 0 Å². The molecule has 0 aliphatic carbocycles. The van der Waals surface area contributed by atoms with Crippen molar-refractivity contribution in [2.24, 2.45) is 5.92 Å². The smallest absolute Gasteiger partial charge is 0.325 e. The molecule has 0 aromatic heterocycles. The highest BCUT2D eigenvalue weighted by Crippen LogP contribution is 2.09. The van der Waals surface area contributed by atoms with Crippen LogP contribution in [0.2, 0.25) is 0 Å². The summed E-state index contributed by atoms with van der Waals surface area (Å²) in [5.74, 6) is -0.836. The lowest BCUT2D eigenvalue weighted by molar-refractivity contribution is -0.138. The summed E-state index contributed by atoms with van der Waals surface area (Å²) < 4.78 is 0. The van der Waals surface area contributed by atoms with Gasteiger partial charge in [0.1, 0.15) is 6.04 Å². The average Bonchev–Trinajstić information content (AvgIpc) is 2.28. The molecule has 1 amide bonds. The molecule has 18 heavy (non-hydrogen) atoms. The summed E-state index contributed by atoms with van der Waals surface area (Å²) in [4.78, 5) is 22.3. The number of carboxylic acids is 1. The zero-order valence-electron chi connectivity index (χ0n) is 10.9. The van der Waals surface area contributed by atoms with Gasteiger partial charge in [0.2, 0.25) is 0 Å². The molecule has 0 fully saturated rings. The summed E-state index contributed by atoms with van der Waals surface area (Å²) in [6.07, 6.45) is 0.966. The van der Waals surface area contributed by atoms with Crippen molar-refractivity contribution in [2.75, 3.05) is 0 Å². The number of aliphatic carboxylic acids is 1. The summed E-state index contributed by atoms with van der Waals surface area (Å²) in [6.45, 7) is 5.71. The Hall–Kier alpha value is -1.84. The Morgan fingerprint density at radius 2 is 1.72 bits per heavy atom. The van der Waals surface area contributed by atoms with Crippen LogP contribution in [0.15, 0.2) is 24.3 Å². The minimum atomic E-state index is -1.04. The summed E-state index contributed by atoms with van der Waals surface area (Å²) in [5.41, 5.74) is 1.66. The molecule has 98 valence electrons. The van der Waals surface area contributed by atoms with Crippen LogP contribution in [-0.4, -0.2) is 23.0 Å². The summed E-state index contributed by atoms with van der Waals surface area (Å²) in [6, 6.07) is 6.37. The number of carbonyl (C=O) groups is 2. The molecule has 0 spiro atoms. The number of carbonyl (C=O) groups excluding carboxylic acids is 1. The van der Waals surface area contributed by atoms with Crippen molar-refractivity contribution in [1.29, 1.82) is 0 Å². The molecule has 1 atom stereocenters.